The van der Waals surface area contributed by atoms with Crippen molar-refractivity contribution in [1.29, 1.82) is 0 Å². The first-order valence-electron chi connectivity index (χ1n) is 6.89. The molecule has 0 aliphatic rings. The summed E-state index contributed by atoms with van der Waals surface area (Å²) in [5.74, 6) is 0. The molecule has 1 atom stereocenters. The lowest BCUT2D eigenvalue weighted by Crippen LogP contribution is -2.48. The zero-order valence-electron chi connectivity index (χ0n) is 12.9. The second kappa shape index (κ2) is 7.04. The summed E-state index contributed by atoms with van der Waals surface area (Å²) in [6.07, 6.45) is 3.84. The van der Waals surface area contributed by atoms with Crippen LogP contribution in [0.5, 0.6) is 0 Å². The van der Waals surface area contributed by atoms with E-state index in [4.69, 9.17) is 0 Å². The Morgan fingerprint density at radius 2 is 2.20 bits per heavy atom. The number of aryl methyl sites for hydroxylation is 1. The highest BCUT2D eigenvalue weighted by Gasteiger charge is 2.30. The summed E-state index contributed by atoms with van der Waals surface area (Å²) in [6, 6.07) is -0.478. The van der Waals surface area contributed by atoms with Gasteiger partial charge in [-0.25, -0.2) is 9.78 Å². The Balaban J connectivity index is 2.69. The van der Waals surface area contributed by atoms with Crippen LogP contribution in [0.4, 0.5) is 9.93 Å². The number of aliphatic hydroxyl groups excluding tert-OH is 1. The van der Waals surface area contributed by atoms with Gasteiger partial charge in [0.15, 0.2) is 5.13 Å². The quantitative estimate of drug-likeness (QED) is 0.878. The lowest BCUT2D eigenvalue weighted by Gasteiger charge is -2.36. The van der Waals surface area contributed by atoms with Crippen molar-refractivity contribution in [3.8, 4) is 0 Å². The van der Waals surface area contributed by atoms with Crippen LogP contribution < -0.4 is 5.32 Å². The highest BCUT2D eigenvalue weighted by atomic mass is 32.1. The first kappa shape index (κ1) is 16.9. The van der Waals surface area contributed by atoms with Crippen LogP contribution in [-0.2, 0) is 6.42 Å². The first-order chi connectivity index (χ1) is 9.29. The van der Waals surface area contributed by atoms with E-state index in [1.165, 1.54) is 16.2 Å². The van der Waals surface area contributed by atoms with Crippen molar-refractivity contribution in [2.75, 3.05) is 19.0 Å². The summed E-state index contributed by atoms with van der Waals surface area (Å²) in [7, 11) is 1.70. The van der Waals surface area contributed by atoms with Crippen molar-refractivity contribution in [2.45, 2.75) is 46.6 Å². The topological polar surface area (TPSA) is 65.5 Å². The molecule has 0 saturated carbocycles. The van der Waals surface area contributed by atoms with Gasteiger partial charge < -0.3 is 10.0 Å². The van der Waals surface area contributed by atoms with Crippen LogP contribution in [0, 0.1) is 5.41 Å². The van der Waals surface area contributed by atoms with Gasteiger partial charge in [-0.1, -0.05) is 34.1 Å². The SMILES string of the molecule is CCCc1cnc(NC(=O)N(C)C(CO)C(C)(C)C)s1. The van der Waals surface area contributed by atoms with Crippen molar-refractivity contribution in [3.63, 3.8) is 0 Å². The van der Waals surface area contributed by atoms with Gasteiger partial charge in [-0.05, 0) is 11.8 Å². The maximum absolute atomic E-state index is 12.2. The van der Waals surface area contributed by atoms with Crippen LogP contribution in [0.2, 0.25) is 0 Å². The molecule has 1 rings (SSSR count). The average molecular weight is 299 g/mol. The van der Waals surface area contributed by atoms with E-state index in [2.05, 4.69) is 17.2 Å². The lowest BCUT2D eigenvalue weighted by molar-refractivity contribution is 0.0886. The molecular weight excluding hydrogens is 274 g/mol. The fourth-order valence-electron chi connectivity index (χ4n) is 2.03. The molecule has 0 fully saturated rings. The number of nitrogens with one attached hydrogen (secondary N) is 1. The van der Waals surface area contributed by atoms with E-state index in [1.54, 1.807) is 18.1 Å². The summed E-state index contributed by atoms with van der Waals surface area (Å²) in [5, 5.41) is 12.9. The third-order valence-electron chi connectivity index (χ3n) is 3.22. The zero-order valence-corrected chi connectivity index (χ0v) is 13.8. The van der Waals surface area contributed by atoms with Gasteiger partial charge in [0.25, 0.3) is 0 Å². The number of thiazole rings is 1. The van der Waals surface area contributed by atoms with E-state index in [-0.39, 0.29) is 24.1 Å². The van der Waals surface area contributed by atoms with Crippen LogP contribution in [0.1, 0.15) is 39.0 Å². The minimum Gasteiger partial charge on any atom is -0.394 e. The molecule has 0 aromatic carbocycles. The molecule has 1 heterocycles. The van der Waals surface area contributed by atoms with Crippen LogP contribution in [-0.4, -0.2) is 40.7 Å². The number of anilines is 1. The Labute approximate surface area is 125 Å². The number of amides is 2. The fourth-order valence-corrected chi connectivity index (χ4v) is 2.93. The summed E-state index contributed by atoms with van der Waals surface area (Å²) in [5.41, 5.74) is -0.183. The number of rotatable bonds is 5. The first-order valence-corrected chi connectivity index (χ1v) is 7.70. The smallest absolute Gasteiger partial charge is 0.323 e. The Kier molecular flexibility index (Phi) is 5.95. The van der Waals surface area contributed by atoms with E-state index >= 15 is 0 Å². The molecule has 20 heavy (non-hydrogen) atoms. The van der Waals surface area contributed by atoms with E-state index in [1.807, 2.05) is 20.8 Å². The molecule has 1 unspecified atom stereocenters. The van der Waals surface area contributed by atoms with E-state index in [9.17, 15) is 9.90 Å². The van der Waals surface area contributed by atoms with Gasteiger partial charge in [-0.15, -0.1) is 11.3 Å². The number of hydrogen-bond acceptors (Lipinski definition) is 4. The number of aliphatic hydroxyl groups is 1. The standard InChI is InChI=1S/C14H25N3O2S/c1-6-7-10-8-15-12(20-10)16-13(19)17(5)11(9-18)14(2,3)4/h8,11,18H,6-7,9H2,1-5H3,(H,15,16,19). The molecule has 6 heteroatoms. The molecule has 2 N–H and O–H groups in total. The molecule has 0 bridgehead atoms. The van der Waals surface area contributed by atoms with E-state index in [0.29, 0.717) is 5.13 Å². The largest absolute Gasteiger partial charge is 0.394 e. The van der Waals surface area contributed by atoms with Gasteiger partial charge in [-0.2, -0.15) is 0 Å². The van der Waals surface area contributed by atoms with Crippen LogP contribution in [0.3, 0.4) is 0 Å². The molecule has 1 aromatic rings. The lowest BCUT2D eigenvalue weighted by atomic mass is 9.86. The number of carbonyl (C=O) groups is 1. The molecule has 0 radical (unpaired) electrons. The molecule has 1 aromatic heterocycles. The van der Waals surface area contributed by atoms with Crippen LogP contribution >= 0.6 is 11.3 Å². The summed E-state index contributed by atoms with van der Waals surface area (Å²) in [4.78, 5) is 19.1. The molecule has 0 aliphatic carbocycles. The van der Waals surface area contributed by atoms with E-state index in [0.717, 1.165) is 12.8 Å². The Bertz CT molecular complexity index is 440. The monoisotopic (exact) mass is 299 g/mol. The fraction of sp³-hybridized carbons (Fsp3) is 0.714. The van der Waals surface area contributed by atoms with Crippen LogP contribution in [0.25, 0.3) is 0 Å². The van der Waals surface area contributed by atoms with E-state index < -0.39 is 0 Å². The van der Waals surface area contributed by atoms with Gasteiger partial charge in [0.2, 0.25) is 0 Å². The number of nitrogens with zero attached hydrogens (tertiary/aromatic N) is 2. The highest BCUT2D eigenvalue weighted by molar-refractivity contribution is 7.15. The maximum Gasteiger partial charge on any atom is 0.323 e. The van der Waals surface area contributed by atoms with Crippen molar-refractivity contribution in [3.05, 3.63) is 11.1 Å². The second-order valence-electron chi connectivity index (χ2n) is 5.99. The van der Waals surface area contributed by atoms with Gasteiger partial charge in [0, 0.05) is 18.1 Å². The number of likely N-dealkylation sites (N-methyl/N-ethyl adjacent to an activating group) is 1. The molecule has 2 amide bonds. The van der Waals surface area contributed by atoms with Crippen molar-refractivity contribution < 1.29 is 9.90 Å². The summed E-state index contributed by atoms with van der Waals surface area (Å²) >= 11 is 1.50. The molecule has 0 spiro atoms. The molecule has 0 saturated heterocycles. The Morgan fingerprint density at radius 1 is 1.55 bits per heavy atom. The van der Waals surface area contributed by atoms with Crippen molar-refractivity contribution >= 4 is 22.5 Å². The number of carbonyl (C=O) groups excluding carboxylic acids is 1. The highest BCUT2D eigenvalue weighted by Crippen LogP contribution is 2.25. The molecular formula is C14H25N3O2S. The summed E-state index contributed by atoms with van der Waals surface area (Å²) in [6.45, 7) is 8.05. The third kappa shape index (κ3) is 4.45. The summed E-state index contributed by atoms with van der Waals surface area (Å²) < 4.78 is 0. The van der Waals surface area contributed by atoms with Gasteiger partial charge in [-0.3, -0.25) is 5.32 Å². The van der Waals surface area contributed by atoms with Gasteiger partial charge in [0.1, 0.15) is 0 Å². The number of hydrogen-bond donors (Lipinski definition) is 2. The Hall–Kier alpha value is -1.14. The van der Waals surface area contributed by atoms with Crippen molar-refractivity contribution in [2.24, 2.45) is 5.41 Å². The second-order valence-corrected chi connectivity index (χ2v) is 7.10. The predicted octanol–water partition coefficient (Wildman–Crippen LogP) is 2.97. The van der Waals surface area contributed by atoms with Crippen LogP contribution in [0.15, 0.2) is 6.20 Å². The molecule has 5 nitrogen and oxygen atoms in total. The van der Waals surface area contributed by atoms with Crippen molar-refractivity contribution in [1.82, 2.24) is 9.88 Å². The normalized spacial score (nSPS) is 13.1. The van der Waals surface area contributed by atoms with Gasteiger partial charge >= 0.3 is 6.03 Å². The average Bonchev–Trinajstić information content (AvgIpc) is 2.76. The Morgan fingerprint density at radius 3 is 2.70 bits per heavy atom. The van der Waals surface area contributed by atoms with Gasteiger partial charge in [0.05, 0.1) is 12.6 Å². The maximum atomic E-state index is 12.2. The number of urea groups is 1. The minimum atomic E-state index is -0.239. The zero-order chi connectivity index (χ0) is 15.3. The molecule has 114 valence electrons. The third-order valence-corrected chi connectivity index (χ3v) is 4.20. The number of aromatic nitrogens is 1. The predicted molar refractivity (Wildman–Crippen MR) is 83.2 cm³/mol. The minimum absolute atomic E-state index is 0.0631. The molecule has 0 aliphatic heterocycles.